The minimum absolute atomic E-state index is 0.423. The largest absolute Gasteiger partial charge is 0.337 e. The Morgan fingerprint density at radius 3 is 2.50 bits per heavy atom. The van der Waals surface area contributed by atoms with Gasteiger partial charge in [-0.2, -0.15) is 0 Å². The Balaban J connectivity index is 2.59. The summed E-state index contributed by atoms with van der Waals surface area (Å²) in [6.45, 7) is 4.37. The Labute approximate surface area is 93.7 Å². The summed E-state index contributed by atoms with van der Waals surface area (Å²) in [5.74, 6) is 0. The highest BCUT2D eigenvalue weighted by molar-refractivity contribution is 6.07. The zero-order chi connectivity index (χ0) is 11.1. The van der Waals surface area contributed by atoms with Crippen LogP contribution in [0.1, 0.15) is 19.9 Å². The first kappa shape index (κ1) is 9.33. The molecular weight excluding hydrogens is 198 g/mol. The van der Waals surface area contributed by atoms with Crippen LogP contribution < -0.4 is 0 Å². The molecule has 0 aliphatic heterocycles. The molecule has 0 fully saturated rings. The lowest BCUT2D eigenvalue weighted by atomic mass is 10.2. The fourth-order valence-corrected chi connectivity index (χ4v) is 2.30. The van der Waals surface area contributed by atoms with Gasteiger partial charge in [0.2, 0.25) is 0 Å². The molecule has 3 nitrogen and oxygen atoms in total. The van der Waals surface area contributed by atoms with E-state index < -0.39 is 0 Å². The molecule has 0 saturated carbocycles. The summed E-state index contributed by atoms with van der Waals surface area (Å²) in [7, 11) is 0. The molecule has 0 N–H and O–H groups in total. The molecule has 0 aromatic carbocycles. The van der Waals surface area contributed by atoms with Crippen LogP contribution in [0.4, 0.5) is 0 Å². The molecule has 0 aliphatic carbocycles. The van der Waals surface area contributed by atoms with E-state index in [9.17, 15) is 0 Å². The monoisotopic (exact) mass is 211 g/mol. The average Bonchev–Trinajstić information content (AvgIpc) is 2.63. The minimum atomic E-state index is 0.423. The fourth-order valence-electron chi connectivity index (χ4n) is 2.30. The molecule has 3 heterocycles. The van der Waals surface area contributed by atoms with Crippen LogP contribution >= 0.6 is 0 Å². The molecule has 3 aromatic heterocycles. The number of hydrogen-bond donors (Lipinski definition) is 0. The topological polar surface area (TPSA) is 30.7 Å². The number of aromatic nitrogens is 3. The Morgan fingerprint density at radius 1 is 0.938 bits per heavy atom. The maximum Gasteiger partial charge on any atom is 0.0680 e. The Kier molecular flexibility index (Phi) is 1.93. The summed E-state index contributed by atoms with van der Waals surface area (Å²) in [5.41, 5.74) is 2.41. The van der Waals surface area contributed by atoms with Crippen LogP contribution in [0.3, 0.4) is 0 Å². The lowest BCUT2D eigenvalue weighted by Crippen LogP contribution is -1.99. The fraction of sp³-hybridized carbons (Fsp3) is 0.231. The van der Waals surface area contributed by atoms with Gasteiger partial charge in [0, 0.05) is 35.4 Å². The molecule has 0 amide bonds. The van der Waals surface area contributed by atoms with Gasteiger partial charge in [-0.25, -0.2) is 0 Å². The molecule has 0 unspecified atom stereocenters. The van der Waals surface area contributed by atoms with E-state index in [1.165, 1.54) is 21.8 Å². The molecule has 3 rings (SSSR count). The molecule has 0 spiro atoms. The van der Waals surface area contributed by atoms with Gasteiger partial charge in [-0.05, 0) is 26.0 Å². The first-order chi connectivity index (χ1) is 7.79. The third-order valence-corrected chi connectivity index (χ3v) is 2.92. The SMILES string of the molecule is CC(C)n1c2ccncc2c2ccncc21. The van der Waals surface area contributed by atoms with Crippen LogP contribution in [-0.2, 0) is 0 Å². The lowest BCUT2D eigenvalue weighted by Gasteiger charge is -2.10. The molecule has 3 aromatic rings. The van der Waals surface area contributed by atoms with E-state index in [0.717, 1.165) is 0 Å². The summed E-state index contributed by atoms with van der Waals surface area (Å²) in [4.78, 5) is 8.41. The zero-order valence-corrected chi connectivity index (χ0v) is 9.38. The average molecular weight is 211 g/mol. The van der Waals surface area contributed by atoms with Crippen molar-refractivity contribution >= 4 is 21.8 Å². The normalized spacial score (nSPS) is 11.7. The van der Waals surface area contributed by atoms with Crippen molar-refractivity contribution in [1.82, 2.24) is 14.5 Å². The number of pyridine rings is 2. The van der Waals surface area contributed by atoms with Crippen LogP contribution in [-0.4, -0.2) is 14.5 Å². The van der Waals surface area contributed by atoms with E-state index in [-0.39, 0.29) is 0 Å². The van der Waals surface area contributed by atoms with Crippen LogP contribution in [0.15, 0.2) is 36.9 Å². The molecule has 0 bridgehead atoms. The summed E-state index contributed by atoms with van der Waals surface area (Å²) in [6, 6.07) is 4.54. The first-order valence-electron chi connectivity index (χ1n) is 5.46. The van der Waals surface area contributed by atoms with Crippen molar-refractivity contribution in [3.8, 4) is 0 Å². The van der Waals surface area contributed by atoms with E-state index >= 15 is 0 Å². The zero-order valence-electron chi connectivity index (χ0n) is 9.38. The van der Waals surface area contributed by atoms with Crippen LogP contribution in [0.25, 0.3) is 21.8 Å². The molecule has 80 valence electrons. The maximum atomic E-state index is 4.21. The van der Waals surface area contributed by atoms with E-state index in [2.05, 4.69) is 40.5 Å². The number of nitrogens with zero attached hydrogens (tertiary/aromatic N) is 3. The number of fused-ring (bicyclic) bond motifs is 3. The highest BCUT2D eigenvalue weighted by atomic mass is 15.0. The van der Waals surface area contributed by atoms with Gasteiger partial charge < -0.3 is 4.57 Å². The van der Waals surface area contributed by atoms with Gasteiger partial charge >= 0.3 is 0 Å². The van der Waals surface area contributed by atoms with E-state index in [0.29, 0.717) is 6.04 Å². The molecule has 3 heteroatoms. The van der Waals surface area contributed by atoms with Gasteiger partial charge in [-0.1, -0.05) is 0 Å². The third-order valence-electron chi connectivity index (χ3n) is 2.92. The lowest BCUT2D eigenvalue weighted by molar-refractivity contribution is 0.641. The highest BCUT2D eigenvalue weighted by Gasteiger charge is 2.11. The van der Waals surface area contributed by atoms with Gasteiger partial charge in [0.05, 0.1) is 17.2 Å². The standard InChI is InChI=1S/C13H13N3/c1-9(2)16-12-4-6-14-7-11(12)10-3-5-15-8-13(10)16/h3-9H,1-2H3. The van der Waals surface area contributed by atoms with Gasteiger partial charge in [0.15, 0.2) is 0 Å². The van der Waals surface area contributed by atoms with Crippen LogP contribution in [0.2, 0.25) is 0 Å². The second-order valence-corrected chi connectivity index (χ2v) is 4.25. The summed E-state index contributed by atoms with van der Waals surface area (Å²) in [6.07, 6.45) is 7.53. The Bertz CT molecular complexity index is 599. The van der Waals surface area contributed by atoms with Crippen molar-refractivity contribution in [2.24, 2.45) is 0 Å². The Morgan fingerprint density at radius 2 is 1.69 bits per heavy atom. The van der Waals surface area contributed by atoms with E-state index in [1.807, 2.05) is 24.8 Å². The summed E-state index contributed by atoms with van der Waals surface area (Å²) < 4.78 is 2.30. The van der Waals surface area contributed by atoms with Crippen molar-refractivity contribution in [3.05, 3.63) is 36.9 Å². The predicted molar refractivity (Wildman–Crippen MR) is 65.4 cm³/mol. The minimum Gasteiger partial charge on any atom is -0.337 e. The number of rotatable bonds is 1. The van der Waals surface area contributed by atoms with Gasteiger partial charge in [0.25, 0.3) is 0 Å². The van der Waals surface area contributed by atoms with E-state index in [1.54, 1.807) is 0 Å². The van der Waals surface area contributed by atoms with Crippen molar-refractivity contribution in [2.45, 2.75) is 19.9 Å². The van der Waals surface area contributed by atoms with Crippen molar-refractivity contribution in [2.75, 3.05) is 0 Å². The molecule has 0 saturated heterocycles. The van der Waals surface area contributed by atoms with Gasteiger partial charge in [0.1, 0.15) is 0 Å². The maximum absolute atomic E-state index is 4.21. The summed E-state index contributed by atoms with van der Waals surface area (Å²) in [5, 5.41) is 2.43. The van der Waals surface area contributed by atoms with Crippen molar-refractivity contribution < 1.29 is 0 Å². The first-order valence-corrected chi connectivity index (χ1v) is 5.46. The molecule has 0 aliphatic rings. The van der Waals surface area contributed by atoms with E-state index in [4.69, 9.17) is 0 Å². The van der Waals surface area contributed by atoms with Crippen molar-refractivity contribution in [1.29, 1.82) is 0 Å². The Hall–Kier alpha value is -1.90. The number of hydrogen-bond acceptors (Lipinski definition) is 2. The van der Waals surface area contributed by atoms with Gasteiger partial charge in [-0.3, -0.25) is 9.97 Å². The quantitative estimate of drug-likeness (QED) is 0.619. The highest BCUT2D eigenvalue weighted by Crippen LogP contribution is 2.29. The van der Waals surface area contributed by atoms with Gasteiger partial charge in [-0.15, -0.1) is 0 Å². The molecule has 16 heavy (non-hydrogen) atoms. The van der Waals surface area contributed by atoms with Crippen LogP contribution in [0.5, 0.6) is 0 Å². The molecule has 0 atom stereocenters. The third kappa shape index (κ3) is 1.14. The predicted octanol–water partition coefficient (Wildman–Crippen LogP) is 3.17. The second kappa shape index (κ2) is 3.30. The smallest absolute Gasteiger partial charge is 0.0680 e. The van der Waals surface area contributed by atoms with Crippen LogP contribution in [0, 0.1) is 0 Å². The molecule has 0 radical (unpaired) electrons. The van der Waals surface area contributed by atoms with Crippen molar-refractivity contribution in [3.63, 3.8) is 0 Å². The second-order valence-electron chi connectivity index (χ2n) is 4.25. The summed E-state index contributed by atoms with van der Waals surface area (Å²) >= 11 is 0. The molecular formula is C13H13N3.